The van der Waals surface area contributed by atoms with E-state index in [1.807, 2.05) is 24.4 Å². The third-order valence-corrected chi connectivity index (χ3v) is 4.71. The first-order valence-corrected chi connectivity index (χ1v) is 7.97. The summed E-state index contributed by atoms with van der Waals surface area (Å²) < 4.78 is 5.73. The van der Waals surface area contributed by atoms with Crippen LogP contribution in [-0.4, -0.2) is 34.0 Å². The van der Waals surface area contributed by atoms with Crippen molar-refractivity contribution >= 4 is 17.3 Å². The van der Waals surface area contributed by atoms with Gasteiger partial charge in [0.1, 0.15) is 5.76 Å². The van der Waals surface area contributed by atoms with Crippen LogP contribution < -0.4 is 0 Å². The van der Waals surface area contributed by atoms with Gasteiger partial charge < -0.3 is 9.52 Å². The lowest BCUT2D eigenvalue weighted by Gasteiger charge is -2.29. The van der Waals surface area contributed by atoms with Crippen molar-refractivity contribution in [2.75, 3.05) is 13.1 Å². The van der Waals surface area contributed by atoms with Crippen molar-refractivity contribution in [2.24, 2.45) is 5.92 Å². The summed E-state index contributed by atoms with van der Waals surface area (Å²) in [6.45, 7) is 4.09. The fourth-order valence-corrected chi connectivity index (χ4v) is 3.34. The molecule has 3 rings (SSSR count). The van der Waals surface area contributed by atoms with E-state index in [0.717, 1.165) is 35.7 Å². The Kier molecular flexibility index (Phi) is 4.07. The smallest absolute Gasteiger partial charge is 0.307 e. The molecule has 0 aliphatic carbocycles. The first-order valence-electron chi connectivity index (χ1n) is 7.09. The lowest BCUT2D eigenvalue weighted by molar-refractivity contribution is -0.143. The molecule has 0 aromatic carbocycles. The molecule has 0 bridgehead atoms. The SMILES string of the molecule is Cc1oc(-c2cccs2)nc1CN1CCCC(C(=O)O)C1. The van der Waals surface area contributed by atoms with Gasteiger partial charge in [-0.25, -0.2) is 4.98 Å². The maximum atomic E-state index is 11.1. The van der Waals surface area contributed by atoms with E-state index in [1.165, 1.54) is 0 Å². The molecular formula is C15H18N2O3S. The van der Waals surface area contributed by atoms with Crippen molar-refractivity contribution in [3.8, 4) is 10.8 Å². The molecule has 1 unspecified atom stereocenters. The predicted molar refractivity (Wildman–Crippen MR) is 80.2 cm³/mol. The number of oxazole rings is 1. The van der Waals surface area contributed by atoms with Crippen LogP contribution >= 0.6 is 11.3 Å². The second-order valence-corrected chi connectivity index (χ2v) is 6.36. The first-order chi connectivity index (χ1) is 10.1. The summed E-state index contributed by atoms with van der Waals surface area (Å²) in [5, 5.41) is 11.1. The Labute approximate surface area is 127 Å². The molecule has 6 heteroatoms. The normalized spacial score (nSPS) is 19.8. The highest BCUT2D eigenvalue weighted by molar-refractivity contribution is 7.13. The number of carboxylic acids is 1. The van der Waals surface area contributed by atoms with Gasteiger partial charge in [-0.2, -0.15) is 0 Å². The van der Waals surface area contributed by atoms with Crippen LogP contribution in [0.2, 0.25) is 0 Å². The van der Waals surface area contributed by atoms with Gasteiger partial charge in [-0.05, 0) is 37.8 Å². The molecule has 1 saturated heterocycles. The zero-order valence-corrected chi connectivity index (χ0v) is 12.7. The molecule has 2 aromatic rings. The number of carbonyl (C=O) groups is 1. The van der Waals surface area contributed by atoms with E-state index in [1.54, 1.807) is 11.3 Å². The molecule has 2 aromatic heterocycles. The van der Waals surface area contributed by atoms with E-state index in [4.69, 9.17) is 9.52 Å². The topological polar surface area (TPSA) is 66.6 Å². The standard InChI is InChI=1S/C15H18N2O3S/c1-10-12(16-14(20-10)13-5-3-7-21-13)9-17-6-2-4-11(8-17)15(18)19/h3,5,7,11H,2,4,6,8-9H2,1H3,(H,18,19). The largest absolute Gasteiger partial charge is 0.481 e. The van der Waals surface area contributed by atoms with Crippen molar-refractivity contribution in [1.29, 1.82) is 0 Å². The van der Waals surface area contributed by atoms with Crippen LogP contribution in [-0.2, 0) is 11.3 Å². The molecule has 5 nitrogen and oxygen atoms in total. The van der Waals surface area contributed by atoms with E-state index in [9.17, 15) is 4.79 Å². The summed E-state index contributed by atoms with van der Waals surface area (Å²) in [6, 6.07) is 3.96. The molecule has 0 spiro atoms. The minimum atomic E-state index is -0.698. The minimum Gasteiger partial charge on any atom is -0.481 e. The number of hydrogen-bond acceptors (Lipinski definition) is 5. The van der Waals surface area contributed by atoms with E-state index in [0.29, 0.717) is 19.0 Å². The Morgan fingerprint density at radius 1 is 1.62 bits per heavy atom. The number of piperidine rings is 1. The van der Waals surface area contributed by atoms with E-state index in [2.05, 4.69) is 9.88 Å². The van der Waals surface area contributed by atoms with Crippen LogP contribution in [0.1, 0.15) is 24.3 Å². The molecule has 1 aliphatic rings. The monoisotopic (exact) mass is 306 g/mol. The quantitative estimate of drug-likeness (QED) is 0.940. The third-order valence-electron chi connectivity index (χ3n) is 3.85. The molecule has 0 saturated carbocycles. The maximum absolute atomic E-state index is 11.1. The molecule has 0 amide bonds. The van der Waals surface area contributed by atoms with Crippen LogP contribution in [0.15, 0.2) is 21.9 Å². The maximum Gasteiger partial charge on any atom is 0.307 e. The highest BCUT2D eigenvalue weighted by Crippen LogP contribution is 2.27. The Morgan fingerprint density at radius 3 is 3.19 bits per heavy atom. The molecule has 1 aliphatic heterocycles. The van der Waals surface area contributed by atoms with Crippen molar-refractivity contribution in [3.05, 3.63) is 29.0 Å². The van der Waals surface area contributed by atoms with Crippen LogP contribution in [0.3, 0.4) is 0 Å². The van der Waals surface area contributed by atoms with Gasteiger partial charge in [-0.3, -0.25) is 9.69 Å². The van der Waals surface area contributed by atoms with Gasteiger partial charge in [0, 0.05) is 13.1 Å². The lowest BCUT2D eigenvalue weighted by Crippen LogP contribution is -2.38. The Balaban J connectivity index is 1.71. The average molecular weight is 306 g/mol. The van der Waals surface area contributed by atoms with Crippen molar-refractivity contribution in [2.45, 2.75) is 26.3 Å². The predicted octanol–water partition coefficient (Wildman–Crippen LogP) is 3.01. The van der Waals surface area contributed by atoms with Crippen LogP contribution in [0.25, 0.3) is 10.8 Å². The number of aromatic nitrogens is 1. The van der Waals surface area contributed by atoms with E-state index >= 15 is 0 Å². The number of aryl methyl sites for hydroxylation is 1. The number of likely N-dealkylation sites (tertiary alicyclic amines) is 1. The highest BCUT2D eigenvalue weighted by atomic mass is 32.1. The fourth-order valence-electron chi connectivity index (χ4n) is 2.69. The zero-order chi connectivity index (χ0) is 14.8. The molecule has 3 heterocycles. The minimum absolute atomic E-state index is 0.261. The molecule has 21 heavy (non-hydrogen) atoms. The molecule has 1 fully saturated rings. The number of rotatable bonds is 4. The number of nitrogens with zero attached hydrogens (tertiary/aromatic N) is 2. The summed E-state index contributed by atoms with van der Waals surface area (Å²) in [4.78, 5) is 18.9. The third kappa shape index (κ3) is 3.16. The Hall–Kier alpha value is -1.66. The Morgan fingerprint density at radius 2 is 2.48 bits per heavy atom. The fraction of sp³-hybridized carbons (Fsp3) is 0.467. The van der Waals surface area contributed by atoms with Crippen molar-refractivity contribution in [1.82, 2.24) is 9.88 Å². The van der Waals surface area contributed by atoms with Crippen LogP contribution in [0.5, 0.6) is 0 Å². The van der Waals surface area contributed by atoms with Crippen molar-refractivity contribution < 1.29 is 14.3 Å². The van der Waals surface area contributed by atoms with Gasteiger partial charge in [0.25, 0.3) is 0 Å². The molecule has 1 N–H and O–H groups in total. The second-order valence-electron chi connectivity index (χ2n) is 5.41. The molecule has 112 valence electrons. The van der Waals surface area contributed by atoms with E-state index < -0.39 is 5.97 Å². The lowest BCUT2D eigenvalue weighted by atomic mass is 9.98. The number of carboxylic acid groups (broad SMARTS) is 1. The van der Waals surface area contributed by atoms with Gasteiger partial charge in [0.15, 0.2) is 0 Å². The van der Waals surface area contributed by atoms with Crippen LogP contribution in [0, 0.1) is 12.8 Å². The first kappa shape index (κ1) is 14.3. The summed E-state index contributed by atoms with van der Waals surface area (Å²) in [7, 11) is 0. The van der Waals surface area contributed by atoms with E-state index in [-0.39, 0.29) is 5.92 Å². The molecule has 0 radical (unpaired) electrons. The summed E-state index contributed by atoms with van der Waals surface area (Å²) in [6.07, 6.45) is 1.69. The number of aliphatic carboxylic acids is 1. The van der Waals surface area contributed by atoms with Gasteiger partial charge in [0.2, 0.25) is 5.89 Å². The van der Waals surface area contributed by atoms with Gasteiger partial charge in [-0.15, -0.1) is 11.3 Å². The Bertz CT molecular complexity index is 621. The van der Waals surface area contributed by atoms with Gasteiger partial charge >= 0.3 is 5.97 Å². The number of thiophene rings is 1. The van der Waals surface area contributed by atoms with Crippen molar-refractivity contribution in [3.63, 3.8) is 0 Å². The van der Waals surface area contributed by atoms with Gasteiger partial charge in [0.05, 0.1) is 16.5 Å². The summed E-state index contributed by atoms with van der Waals surface area (Å²) in [5.74, 6) is 0.513. The zero-order valence-electron chi connectivity index (χ0n) is 11.9. The highest BCUT2D eigenvalue weighted by Gasteiger charge is 2.26. The van der Waals surface area contributed by atoms with Gasteiger partial charge in [-0.1, -0.05) is 6.07 Å². The molecular weight excluding hydrogens is 288 g/mol. The molecule has 1 atom stereocenters. The summed E-state index contributed by atoms with van der Waals surface area (Å²) in [5.41, 5.74) is 0.907. The number of hydrogen-bond donors (Lipinski definition) is 1. The average Bonchev–Trinajstić information content (AvgIpc) is 3.10. The summed E-state index contributed by atoms with van der Waals surface area (Å²) >= 11 is 1.60. The van der Waals surface area contributed by atoms with Crippen LogP contribution in [0.4, 0.5) is 0 Å². The second kappa shape index (κ2) is 5.99.